The van der Waals surface area contributed by atoms with Gasteiger partial charge in [-0.2, -0.15) is 0 Å². The van der Waals surface area contributed by atoms with E-state index in [1.165, 1.54) is 10.9 Å². The molecule has 5 heteroatoms. The summed E-state index contributed by atoms with van der Waals surface area (Å²) in [5.74, 6) is 0.986. The minimum Gasteiger partial charge on any atom is -0.493 e. The highest BCUT2D eigenvalue weighted by atomic mass is 16.5. The van der Waals surface area contributed by atoms with Crippen molar-refractivity contribution < 1.29 is 14.3 Å². The fourth-order valence-corrected chi connectivity index (χ4v) is 1.71. The highest BCUT2D eigenvalue weighted by Crippen LogP contribution is 2.28. The average molecular weight is 260 g/mol. The summed E-state index contributed by atoms with van der Waals surface area (Å²) in [7, 11) is 1.57. The Labute approximate surface area is 111 Å². The molecule has 0 saturated carbocycles. The first-order valence-corrected chi connectivity index (χ1v) is 5.95. The van der Waals surface area contributed by atoms with E-state index in [2.05, 4.69) is 4.98 Å². The fraction of sp³-hybridized carbons (Fsp3) is 0.286. The number of ether oxygens (including phenoxy) is 2. The van der Waals surface area contributed by atoms with Gasteiger partial charge in [0.15, 0.2) is 17.6 Å². The fourth-order valence-electron chi connectivity index (χ4n) is 1.71. The molecular formula is C14H16N2O3. The zero-order chi connectivity index (χ0) is 13.8. The monoisotopic (exact) mass is 260 g/mol. The molecule has 1 aromatic heterocycles. The van der Waals surface area contributed by atoms with E-state index < -0.39 is 6.10 Å². The van der Waals surface area contributed by atoms with E-state index in [-0.39, 0.29) is 5.91 Å². The van der Waals surface area contributed by atoms with E-state index in [1.54, 1.807) is 32.5 Å². The molecular weight excluding hydrogens is 244 g/mol. The summed E-state index contributed by atoms with van der Waals surface area (Å²) in [6.07, 6.45) is 3.98. The summed E-state index contributed by atoms with van der Waals surface area (Å²) < 4.78 is 12.3. The van der Waals surface area contributed by atoms with Gasteiger partial charge in [-0.3, -0.25) is 9.36 Å². The molecule has 0 fully saturated rings. The number of carbonyl (C=O) groups is 1. The maximum Gasteiger partial charge on any atom is 0.272 e. The molecule has 1 heterocycles. The lowest BCUT2D eigenvalue weighted by Gasteiger charge is -2.16. The predicted molar refractivity (Wildman–Crippen MR) is 70.7 cm³/mol. The maximum atomic E-state index is 12.0. The SMILES string of the molecule is COc1cc(C)ccc1OC(C)C(=O)n1ccnc1. The molecule has 0 saturated heterocycles. The van der Waals surface area contributed by atoms with Gasteiger partial charge in [0, 0.05) is 12.4 Å². The van der Waals surface area contributed by atoms with Gasteiger partial charge in [0.25, 0.3) is 5.91 Å². The maximum absolute atomic E-state index is 12.0. The van der Waals surface area contributed by atoms with Crippen molar-refractivity contribution in [1.82, 2.24) is 9.55 Å². The van der Waals surface area contributed by atoms with Gasteiger partial charge < -0.3 is 9.47 Å². The van der Waals surface area contributed by atoms with Crippen molar-refractivity contribution in [3.05, 3.63) is 42.5 Å². The molecule has 0 aliphatic rings. The summed E-state index contributed by atoms with van der Waals surface area (Å²) in [5, 5.41) is 0. The van der Waals surface area contributed by atoms with Crippen LogP contribution in [0.15, 0.2) is 36.9 Å². The second-order valence-corrected chi connectivity index (χ2v) is 4.22. The van der Waals surface area contributed by atoms with Crippen LogP contribution >= 0.6 is 0 Å². The van der Waals surface area contributed by atoms with Gasteiger partial charge in [-0.15, -0.1) is 0 Å². The van der Waals surface area contributed by atoms with Gasteiger partial charge in [0.05, 0.1) is 7.11 Å². The minimum atomic E-state index is -0.620. The van der Waals surface area contributed by atoms with Crippen LogP contribution in [-0.4, -0.2) is 28.7 Å². The lowest BCUT2D eigenvalue weighted by atomic mass is 10.2. The van der Waals surface area contributed by atoms with Crippen LogP contribution in [0.5, 0.6) is 11.5 Å². The molecule has 19 heavy (non-hydrogen) atoms. The number of aryl methyl sites for hydroxylation is 1. The molecule has 0 bridgehead atoms. The van der Waals surface area contributed by atoms with Gasteiger partial charge in [-0.25, -0.2) is 4.98 Å². The van der Waals surface area contributed by atoms with Crippen LogP contribution in [0.3, 0.4) is 0 Å². The summed E-state index contributed by atoms with van der Waals surface area (Å²) in [6, 6.07) is 5.57. The Morgan fingerprint density at radius 1 is 1.37 bits per heavy atom. The molecule has 5 nitrogen and oxygen atoms in total. The van der Waals surface area contributed by atoms with Gasteiger partial charge >= 0.3 is 0 Å². The van der Waals surface area contributed by atoms with E-state index in [0.717, 1.165) is 5.56 Å². The van der Waals surface area contributed by atoms with Crippen molar-refractivity contribution in [2.45, 2.75) is 20.0 Å². The van der Waals surface area contributed by atoms with E-state index in [1.807, 2.05) is 19.1 Å². The average Bonchev–Trinajstić information content (AvgIpc) is 2.93. The molecule has 1 atom stereocenters. The third-order valence-electron chi connectivity index (χ3n) is 2.73. The zero-order valence-electron chi connectivity index (χ0n) is 11.2. The van der Waals surface area contributed by atoms with Crippen LogP contribution in [0, 0.1) is 6.92 Å². The Hall–Kier alpha value is -2.30. The number of nitrogens with zero attached hydrogens (tertiary/aromatic N) is 2. The molecule has 0 aliphatic carbocycles. The van der Waals surface area contributed by atoms with E-state index in [0.29, 0.717) is 11.5 Å². The Balaban J connectivity index is 2.15. The van der Waals surface area contributed by atoms with E-state index in [4.69, 9.17) is 9.47 Å². The number of aromatic nitrogens is 2. The van der Waals surface area contributed by atoms with Crippen LogP contribution in [0.1, 0.15) is 17.3 Å². The predicted octanol–water partition coefficient (Wildman–Crippen LogP) is 2.31. The van der Waals surface area contributed by atoms with Crippen molar-refractivity contribution in [3.63, 3.8) is 0 Å². The Morgan fingerprint density at radius 2 is 2.16 bits per heavy atom. The number of benzene rings is 1. The third kappa shape index (κ3) is 2.93. The lowest BCUT2D eigenvalue weighted by Crippen LogP contribution is -2.28. The molecule has 1 aromatic carbocycles. The van der Waals surface area contributed by atoms with E-state index in [9.17, 15) is 4.79 Å². The van der Waals surface area contributed by atoms with Crippen molar-refractivity contribution >= 4 is 5.91 Å². The second-order valence-electron chi connectivity index (χ2n) is 4.22. The van der Waals surface area contributed by atoms with Gasteiger partial charge in [-0.1, -0.05) is 6.07 Å². The molecule has 2 aromatic rings. The summed E-state index contributed by atoms with van der Waals surface area (Å²) in [5.41, 5.74) is 1.07. The molecule has 0 radical (unpaired) electrons. The number of rotatable bonds is 4. The minimum absolute atomic E-state index is 0.180. The highest BCUT2D eigenvalue weighted by Gasteiger charge is 2.18. The molecule has 2 rings (SSSR count). The Bertz CT molecular complexity index is 564. The Morgan fingerprint density at radius 3 is 2.79 bits per heavy atom. The molecule has 0 N–H and O–H groups in total. The smallest absolute Gasteiger partial charge is 0.272 e. The van der Waals surface area contributed by atoms with Gasteiger partial charge in [-0.05, 0) is 31.5 Å². The summed E-state index contributed by atoms with van der Waals surface area (Å²) in [4.78, 5) is 15.9. The molecule has 100 valence electrons. The zero-order valence-corrected chi connectivity index (χ0v) is 11.2. The van der Waals surface area contributed by atoms with Crippen LogP contribution in [0.4, 0.5) is 0 Å². The van der Waals surface area contributed by atoms with Crippen LogP contribution in [0.25, 0.3) is 0 Å². The van der Waals surface area contributed by atoms with Gasteiger partial charge in [0.1, 0.15) is 6.33 Å². The van der Waals surface area contributed by atoms with Gasteiger partial charge in [0.2, 0.25) is 0 Å². The molecule has 0 aliphatic heterocycles. The quantitative estimate of drug-likeness (QED) is 0.846. The van der Waals surface area contributed by atoms with Crippen molar-refractivity contribution in [2.24, 2.45) is 0 Å². The normalized spacial score (nSPS) is 11.9. The third-order valence-corrected chi connectivity index (χ3v) is 2.73. The molecule has 1 unspecified atom stereocenters. The number of carbonyl (C=O) groups excluding carboxylic acids is 1. The second kappa shape index (κ2) is 5.56. The number of methoxy groups -OCH3 is 1. The van der Waals surface area contributed by atoms with Crippen LogP contribution in [0.2, 0.25) is 0 Å². The Kier molecular flexibility index (Phi) is 3.85. The molecule has 0 spiro atoms. The first-order valence-electron chi connectivity index (χ1n) is 5.95. The number of imidazole rings is 1. The topological polar surface area (TPSA) is 53.4 Å². The van der Waals surface area contributed by atoms with Crippen LogP contribution < -0.4 is 9.47 Å². The number of hydrogen-bond donors (Lipinski definition) is 0. The summed E-state index contributed by atoms with van der Waals surface area (Å²) in [6.45, 7) is 3.66. The van der Waals surface area contributed by atoms with Crippen molar-refractivity contribution in [1.29, 1.82) is 0 Å². The lowest BCUT2D eigenvalue weighted by molar-refractivity contribution is 0.0723. The van der Waals surface area contributed by atoms with Crippen LogP contribution in [-0.2, 0) is 0 Å². The van der Waals surface area contributed by atoms with E-state index >= 15 is 0 Å². The standard InChI is InChI=1S/C14H16N2O3/c1-10-4-5-12(13(8-10)18-3)19-11(2)14(17)16-7-6-15-9-16/h4-9,11H,1-3H3. The van der Waals surface area contributed by atoms with Crippen molar-refractivity contribution in [3.8, 4) is 11.5 Å². The first kappa shape index (κ1) is 13.1. The van der Waals surface area contributed by atoms with Crippen molar-refractivity contribution in [2.75, 3.05) is 7.11 Å². The molecule has 0 amide bonds. The largest absolute Gasteiger partial charge is 0.493 e. The first-order chi connectivity index (χ1) is 9.11. The summed E-state index contributed by atoms with van der Waals surface area (Å²) >= 11 is 0. The highest BCUT2D eigenvalue weighted by molar-refractivity contribution is 5.83. The number of hydrogen-bond acceptors (Lipinski definition) is 4.